The predicted octanol–water partition coefficient (Wildman–Crippen LogP) is 7.33. The molecule has 0 aliphatic heterocycles. The fourth-order valence-corrected chi connectivity index (χ4v) is 6.31. The van der Waals surface area contributed by atoms with E-state index in [9.17, 15) is 0 Å². The van der Waals surface area contributed by atoms with Crippen LogP contribution in [0.4, 0.5) is 0 Å². The van der Waals surface area contributed by atoms with Crippen molar-refractivity contribution in [3.05, 3.63) is 71.3 Å². The minimum atomic E-state index is 0. The summed E-state index contributed by atoms with van der Waals surface area (Å²) in [5, 5.41) is 2.85. The molecule has 176 valence electrons. The summed E-state index contributed by atoms with van der Waals surface area (Å²) in [6.45, 7) is 6.94. The van der Waals surface area contributed by atoms with Gasteiger partial charge in [0.2, 0.25) is 0 Å². The van der Waals surface area contributed by atoms with E-state index in [4.69, 9.17) is 0 Å². The Balaban J connectivity index is 0.00000324. The van der Waals surface area contributed by atoms with Crippen LogP contribution in [0.25, 0.3) is 21.9 Å². The third-order valence-corrected chi connectivity index (χ3v) is 8.08. The van der Waals surface area contributed by atoms with Crippen LogP contribution in [-0.4, -0.2) is 0 Å². The molecule has 3 aromatic rings. The van der Waals surface area contributed by atoms with Crippen LogP contribution in [0, 0.1) is 13.0 Å². The maximum atomic E-state index is 3.47. The van der Waals surface area contributed by atoms with Crippen molar-refractivity contribution in [1.82, 2.24) is 0 Å². The van der Waals surface area contributed by atoms with Crippen molar-refractivity contribution in [2.75, 3.05) is 0 Å². The normalized spacial score (nSPS) is 16.3. The van der Waals surface area contributed by atoms with E-state index in [2.05, 4.69) is 75.4 Å². The molecule has 1 unspecified atom stereocenters. The average molecular weight is 525 g/mol. The number of fused-ring (bicyclic) bond motifs is 5. The molecule has 0 saturated heterocycles. The van der Waals surface area contributed by atoms with E-state index in [-0.39, 0.29) is 63.6 Å². The second-order valence-corrected chi connectivity index (χ2v) is 10.4. The molecule has 1 atom stereocenters. The van der Waals surface area contributed by atoms with E-state index in [1.165, 1.54) is 111 Å². The van der Waals surface area contributed by atoms with Gasteiger partial charge in [-0.2, -0.15) is 24.3 Å². The molecule has 0 fully saturated rings. The van der Waals surface area contributed by atoms with Gasteiger partial charge in [-0.15, -0.1) is 11.1 Å². The van der Waals surface area contributed by atoms with E-state index in [0.29, 0.717) is 0 Å². The monoisotopic (exact) mass is 524 g/mol. The van der Waals surface area contributed by atoms with Crippen LogP contribution in [0.15, 0.2) is 48.5 Å². The van der Waals surface area contributed by atoms with Crippen molar-refractivity contribution >= 4 is 10.8 Å². The largest absolute Gasteiger partial charge is 1.00 e. The molecule has 4 rings (SSSR count). The first-order valence-corrected chi connectivity index (χ1v) is 13.8. The number of unbranched alkanes of at least 4 members (excludes halogenated alkanes) is 9. The second kappa shape index (κ2) is 13.9. The van der Waals surface area contributed by atoms with Gasteiger partial charge >= 0.3 is 58.2 Å². The fraction of sp³-hybridized carbons (Fsp3) is 0.515. The van der Waals surface area contributed by atoms with Crippen LogP contribution >= 0.6 is 0 Å². The molecule has 0 heterocycles. The third-order valence-electron chi connectivity index (χ3n) is 8.08. The van der Waals surface area contributed by atoms with Crippen LogP contribution in [0.2, 0.25) is 0 Å². The molecular formula is C33H43Rb. The van der Waals surface area contributed by atoms with E-state index in [1.807, 2.05) is 0 Å². The third kappa shape index (κ3) is 5.99. The number of hydrogen-bond acceptors (Lipinski definition) is 0. The Hall–Kier alpha value is -0.275. The molecule has 0 saturated carbocycles. The van der Waals surface area contributed by atoms with Crippen LogP contribution in [0.5, 0.6) is 0 Å². The van der Waals surface area contributed by atoms with Gasteiger partial charge in [0.05, 0.1) is 0 Å². The first kappa shape index (κ1) is 28.3. The molecule has 0 radical (unpaired) electrons. The Morgan fingerprint density at radius 1 is 0.706 bits per heavy atom. The molecule has 0 aromatic heterocycles. The minimum Gasteiger partial charge on any atom is -0.183 e. The van der Waals surface area contributed by atoms with Gasteiger partial charge in [0.1, 0.15) is 0 Å². The minimum absolute atomic E-state index is 0. The maximum Gasteiger partial charge on any atom is 1.00 e. The van der Waals surface area contributed by atoms with Gasteiger partial charge < -0.3 is 0 Å². The summed E-state index contributed by atoms with van der Waals surface area (Å²) in [6.07, 6.45) is 17.5. The number of rotatable bonds is 13. The first-order chi connectivity index (χ1) is 16.2. The van der Waals surface area contributed by atoms with Crippen molar-refractivity contribution in [1.29, 1.82) is 0 Å². The predicted molar refractivity (Wildman–Crippen MR) is 145 cm³/mol. The zero-order chi connectivity index (χ0) is 23.1. The SMILES string of the molecule is CCCCCCCCC1(CCCCCCC)c2c[c-]ccc2-c2c1cc(C)c1ccccc21.[Rb+]. The van der Waals surface area contributed by atoms with E-state index in [1.54, 1.807) is 11.1 Å². The molecule has 1 aliphatic rings. The average Bonchev–Trinajstić information content (AvgIpc) is 3.11. The summed E-state index contributed by atoms with van der Waals surface area (Å²) >= 11 is 0. The topological polar surface area (TPSA) is 0 Å². The van der Waals surface area contributed by atoms with E-state index >= 15 is 0 Å². The molecule has 0 spiro atoms. The Labute approximate surface area is 258 Å². The summed E-state index contributed by atoms with van der Waals surface area (Å²) in [7, 11) is 0. The van der Waals surface area contributed by atoms with Gasteiger partial charge in [0.15, 0.2) is 0 Å². The quantitative estimate of drug-likeness (QED) is 0.162. The molecule has 1 heteroatoms. The Morgan fingerprint density at radius 3 is 1.94 bits per heavy atom. The molecule has 0 nitrogen and oxygen atoms in total. The van der Waals surface area contributed by atoms with Gasteiger partial charge in [-0.3, -0.25) is 0 Å². The van der Waals surface area contributed by atoms with Gasteiger partial charge in [-0.05, 0) is 39.8 Å². The summed E-state index contributed by atoms with van der Waals surface area (Å²) in [5.74, 6) is 0. The Morgan fingerprint density at radius 2 is 1.29 bits per heavy atom. The smallest absolute Gasteiger partial charge is 0.183 e. The molecule has 34 heavy (non-hydrogen) atoms. The second-order valence-electron chi connectivity index (χ2n) is 10.4. The molecule has 0 N–H and O–H groups in total. The van der Waals surface area contributed by atoms with E-state index < -0.39 is 0 Å². The molecule has 0 amide bonds. The summed E-state index contributed by atoms with van der Waals surface area (Å²) < 4.78 is 0. The van der Waals surface area contributed by atoms with Crippen molar-refractivity contribution < 1.29 is 58.2 Å². The van der Waals surface area contributed by atoms with Crippen molar-refractivity contribution in [2.24, 2.45) is 0 Å². The van der Waals surface area contributed by atoms with Gasteiger partial charge in [-0.1, -0.05) is 128 Å². The Bertz CT molecular complexity index is 1050. The van der Waals surface area contributed by atoms with Crippen LogP contribution in [0.1, 0.15) is 114 Å². The number of aryl methyl sites for hydroxylation is 1. The van der Waals surface area contributed by atoms with Crippen LogP contribution in [0.3, 0.4) is 0 Å². The molecule has 1 aliphatic carbocycles. The van der Waals surface area contributed by atoms with Gasteiger partial charge in [-0.25, -0.2) is 0 Å². The van der Waals surface area contributed by atoms with Crippen molar-refractivity contribution in [3.8, 4) is 11.1 Å². The first-order valence-electron chi connectivity index (χ1n) is 13.8. The summed E-state index contributed by atoms with van der Waals surface area (Å²) in [6, 6.07) is 21.9. The number of hydrogen-bond donors (Lipinski definition) is 0. The zero-order valence-corrected chi connectivity index (χ0v) is 27.2. The maximum absolute atomic E-state index is 3.47. The van der Waals surface area contributed by atoms with Gasteiger partial charge in [0, 0.05) is 0 Å². The Kier molecular flexibility index (Phi) is 11.5. The van der Waals surface area contributed by atoms with Gasteiger partial charge in [0.25, 0.3) is 0 Å². The standard InChI is InChI=1S/C33H43.Rb/c1-4-6-8-10-12-18-24-33(23-17-11-9-7-5-2)30-22-16-15-21-29(30)32-28-20-14-13-19-27(28)26(3)25-31(32)33;/h13-15,19-22,25H,4-12,17-18,23-24H2,1-3H3;/q-1;+1. The summed E-state index contributed by atoms with van der Waals surface area (Å²) in [5.41, 5.74) is 7.74. The van der Waals surface area contributed by atoms with E-state index in [0.717, 1.165) is 0 Å². The van der Waals surface area contributed by atoms with Crippen molar-refractivity contribution in [2.45, 2.75) is 110 Å². The van der Waals surface area contributed by atoms with Crippen LogP contribution in [-0.2, 0) is 5.41 Å². The molecule has 3 aromatic carbocycles. The van der Waals surface area contributed by atoms with Crippen molar-refractivity contribution in [3.63, 3.8) is 0 Å². The number of benzene rings is 3. The summed E-state index contributed by atoms with van der Waals surface area (Å²) in [4.78, 5) is 0. The van der Waals surface area contributed by atoms with Crippen LogP contribution < -0.4 is 58.2 Å². The molecule has 0 bridgehead atoms. The molecular weight excluding hydrogens is 482 g/mol. The fourth-order valence-electron chi connectivity index (χ4n) is 6.31. The zero-order valence-electron chi connectivity index (χ0n) is 22.3.